The molecule has 36 heavy (non-hydrogen) atoms. The number of thioether (sulfide) groups is 1. The number of aryl methyl sites for hydroxylation is 1. The Hall–Kier alpha value is -2.86. The molecule has 1 N–H and O–H groups in total. The van der Waals surface area contributed by atoms with E-state index in [1.165, 1.54) is 6.08 Å². The molecule has 1 aromatic heterocycles. The third-order valence-electron chi connectivity index (χ3n) is 6.43. The van der Waals surface area contributed by atoms with Crippen molar-refractivity contribution < 1.29 is 14.3 Å². The SMILES string of the molecule is C=CC(=O)Nc1ccc(CCSc2nc(N3C[C@H](C)O[C@@H](C)C3)c3c(c2C#N)CC(C)(C)OC3)cc1. The fraction of sp³-hybridized carbons (Fsp3) is 0.464. The van der Waals surface area contributed by atoms with E-state index in [4.69, 9.17) is 14.5 Å². The highest BCUT2D eigenvalue weighted by atomic mass is 32.2. The average Bonchev–Trinajstić information content (AvgIpc) is 2.83. The van der Waals surface area contributed by atoms with Gasteiger partial charge in [-0.2, -0.15) is 5.26 Å². The molecule has 1 amide bonds. The third kappa shape index (κ3) is 6.09. The van der Waals surface area contributed by atoms with Crippen molar-refractivity contribution in [3.63, 3.8) is 0 Å². The highest BCUT2D eigenvalue weighted by Crippen LogP contribution is 2.39. The summed E-state index contributed by atoms with van der Waals surface area (Å²) in [4.78, 5) is 18.8. The van der Waals surface area contributed by atoms with Crippen molar-refractivity contribution in [1.82, 2.24) is 4.98 Å². The van der Waals surface area contributed by atoms with Crippen LogP contribution >= 0.6 is 11.8 Å². The number of benzene rings is 1. The van der Waals surface area contributed by atoms with Gasteiger partial charge in [0, 0.05) is 36.5 Å². The van der Waals surface area contributed by atoms with Gasteiger partial charge in [-0.15, -0.1) is 11.8 Å². The van der Waals surface area contributed by atoms with E-state index < -0.39 is 0 Å². The number of morpholine rings is 1. The molecular formula is C28H34N4O3S. The highest BCUT2D eigenvalue weighted by molar-refractivity contribution is 7.99. The van der Waals surface area contributed by atoms with E-state index in [2.05, 4.69) is 50.6 Å². The van der Waals surface area contributed by atoms with Gasteiger partial charge in [0.05, 0.1) is 30.0 Å². The van der Waals surface area contributed by atoms with Gasteiger partial charge in [-0.3, -0.25) is 4.79 Å². The number of aromatic nitrogens is 1. The lowest BCUT2D eigenvalue weighted by molar-refractivity contribution is -0.111. The molecule has 4 rings (SSSR count). The summed E-state index contributed by atoms with van der Waals surface area (Å²) in [6.45, 7) is 13.8. The van der Waals surface area contributed by atoms with E-state index in [0.717, 1.165) is 58.5 Å². The number of amides is 1. The largest absolute Gasteiger partial charge is 0.372 e. The molecule has 2 aromatic rings. The molecule has 7 nitrogen and oxygen atoms in total. The Labute approximate surface area is 217 Å². The van der Waals surface area contributed by atoms with Gasteiger partial charge in [-0.05, 0) is 63.5 Å². The summed E-state index contributed by atoms with van der Waals surface area (Å²) in [5, 5.41) is 13.7. The maximum absolute atomic E-state index is 11.5. The molecule has 1 fully saturated rings. The van der Waals surface area contributed by atoms with Crippen LogP contribution in [0.15, 0.2) is 41.9 Å². The number of nitrogens with zero attached hydrogens (tertiary/aromatic N) is 3. The lowest BCUT2D eigenvalue weighted by atomic mass is 9.89. The van der Waals surface area contributed by atoms with Gasteiger partial charge < -0.3 is 19.7 Å². The van der Waals surface area contributed by atoms with Gasteiger partial charge in [-0.1, -0.05) is 18.7 Å². The summed E-state index contributed by atoms with van der Waals surface area (Å²) in [6, 6.07) is 10.2. The Morgan fingerprint density at radius 2 is 1.97 bits per heavy atom. The van der Waals surface area contributed by atoms with Crippen molar-refractivity contribution in [2.45, 2.75) is 70.0 Å². The predicted molar refractivity (Wildman–Crippen MR) is 143 cm³/mol. The summed E-state index contributed by atoms with van der Waals surface area (Å²) in [5.41, 5.74) is 4.34. The Morgan fingerprint density at radius 3 is 2.61 bits per heavy atom. The van der Waals surface area contributed by atoms with Gasteiger partial charge >= 0.3 is 0 Å². The number of anilines is 2. The minimum atomic E-state index is -0.326. The van der Waals surface area contributed by atoms with Crippen LogP contribution in [0.2, 0.25) is 0 Å². The maximum atomic E-state index is 11.5. The number of fused-ring (bicyclic) bond motifs is 1. The van der Waals surface area contributed by atoms with Crippen LogP contribution < -0.4 is 10.2 Å². The van der Waals surface area contributed by atoms with Crippen molar-refractivity contribution >= 4 is 29.2 Å². The summed E-state index contributed by atoms with van der Waals surface area (Å²) in [6.07, 6.45) is 2.97. The number of hydrogen-bond acceptors (Lipinski definition) is 7. The minimum Gasteiger partial charge on any atom is -0.372 e. The van der Waals surface area contributed by atoms with E-state index in [0.29, 0.717) is 18.6 Å². The molecule has 8 heteroatoms. The van der Waals surface area contributed by atoms with Crippen molar-refractivity contribution in [2.75, 3.05) is 29.1 Å². The molecular weight excluding hydrogens is 472 g/mol. The number of pyridine rings is 1. The molecule has 0 saturated carbocycles. The van der Waals surface area contributed by atoms with Gasteiger partial charge in [-0.25, -0.2) is 4.98 Å². The molecule has 0 aliphatic carbocycles. The molecule has 2 aliphatic rings. The monoisotopic (exact) mass is 506 g/mol. The average molecular weight is 507 g/mol. The van der Waals surface area contributed by atoms with Crippen LogP contribution in [0.25, 0.3) is 0 Å². The summed E-state index contributed by atoms with van der Waals surface area (Å²) >= 11 is 1.62. The first kappa shape index (κ1) is 26.2. The van der Waals surface area contributed by atoms with E-state index in [9.17, 15) is 10.1 Å². The quantitative estimate of drug-likeness (QED) is 0.423. The second-order valence-corrected chi connectivity index (χ2v) is 11.1. The van der Waals surface area contributed by atoms with Crippen LogP contribution in [0, 0.1) is 11.3 Å². The Morgan fingerprint density at radius 1 is 1.28 bits per heavy atom. The molecule has 190 valence electrons. The molecule has 0 bridgehead atoms. The zero-order valence-electron chi connectivity index (χ0n) is 21.5. The van der Waals surface area contributed by atoms with Crippen molar-refractivity contribution in [3.05, 3.63) is 59.2 Å². The minimum absolute atomic E-state index is 0.109. The van der Waals surface area contributed by atoms with Crippen LogP contribution in [0.1, 0.15) is 49.9 Å². The van der Waals surface area contributed by atoms with Gasteiger partial charge in [0.1, 0.15) is 16.9 Å². The lowest BCUT2D eigenvalue weighted by Gasteiger charge is -2.40. The lowest BCUT2D eigenvalue weighted by Crippen LogP contribution is -2.47. The number of nitrogens with one attached hydrogen (secondary N) is 1. The molecule has 0 spiro atoms. The standard InChI is InChI=1S/C28H34N4O3S/c1-6-25(33)30-21-9-7-20(8-10-21)11-12-36-27-23(14-29)22-13-28(4,5)34-17-24(22)26(31-27)32-15-18(2)35-19(3)16-32/h6-10,18-19H,1,11-13,15-17H2,2-5H3,(H,30,33)/t18-,19-/m0/s1. The van der Waals surface area contributed by atoms with E-state index in [1.807, 2.05) is 24.3 Å². The van der Waals surface area contributed by atoms with E-state index in [-0.39, 0.29) is 23.7 Å². The van der Waals surface area contributed by atoms with Crippen molar-refractivity contribution in [1.29, 1.82) is 5.26 Å². The summed E-state index contributed by atoms with van der Waals surface area (Å²) in [7, 11) is 0. The fourth-order valence-electron chi connectivity index (χ4n) is 4.77. The number of rotatable bonds is 7. The van der Waals surface area contributed by atoms with Gasteiger partial charge in [0.25, 0.3) is 0 Å². The van der Waals surface area contributed by atoms with Crippen LogP contribution in [0.5, 0.6) is 0 Å². The van der Waals surface area contributed by atoms with Crippen molar-refractivity contribution in [3.8, 4) is 6.07 Å². The second kappa shape index (κ2) is 11.0. The number of hydrogen-bond donors (Lipinski definition) is 1. The number of nitriles is 1. The van der Waals surface area contributed by atoms with Crippen molar-refractivity contribution in [2.24, 2.45) is 0 Å². The van der Waals surface area contributed by atoms with Crippen LogP contribution in [0.3, 0.4) is 0 Å². The normalized spacial score (nSPS) is 20.8. The van der Waals surface area contributed by atoms with Crippen LogP contribution in [0.4, 0.5) is 11.5 Å². The molecule has 1 saturated heterocycles. The first-order valence-corrected chi connectivity index (χ1v) is 13.3. The third-order valence-corrected chi connectivity index (χ3v) is 7.41. The number of carbonyl (C=O) groups is 1. The Balaban J connectivity index is 1.57. The number of carbonyl (C=O) groups excluding carboxylic acids is 1. The topological polar surface area (TPSA) is 87.5 Å². The molecule has 1 aromatic carbocycles. The van der Waals surface area contributed by atoms with Gasteiger partial charge in [0.15, 0.2) is 0 Å². The van der Waals surface area contributed by atoms with Crippen LogP contribution in [-0.2, 0) is 33.7 Å². The smallest absolute Gasteiger partial charge is 0.247 e. The summed E-state index contributed by atoms with van der Waals surface area (Å²) in [5.74, 6) is 1.48. The first-order valence-electron chi connectivity index (χ1n) is 12.3. The van der Waals surface area contributed by atoms with E-state index in [1.54, 1.807) is 11.8 Å². The van der Waals surface area contributed by atoms with E-state index >= 15 is 0 Å². The van der Waals surface area contributed by atoms with Crippen LogP contribution in [-0.4, -0.2) is 47.5 Å². The summed E-state index contributed by atoms with van der Waals surface area (Å²) < 4.78 is 12.1. The second-order valence-electron chi connectivity index (χ2n) is 10.1. The van der Waals surface area contributed by atoms with Gasteiger partial charge in [0.2, 0.25) is 5.91 Å². The molecule has 2 atom stereocenters. The fourth-order valence-corrected chi connectivity index (χ4v) is 5.77. The predicted octanol–water partition coefficient (Wildman–Crippen LogP) is 4.88. The molecule has 3 heterocycles. The highest BCUT2D eigenvalue weighted by Gasteiger charge is 2.34. The Bertz CT molecular complexity index is 1160. The zero-order chi connectivity index (χ0) is 25.9. The Kier molecular flexibility index (Phi) is 8.04. The first-order chi connectivity index (χ1) is 17.2. The molecule has 0 radical (unpaired) electrons. The molecule has 2 aliphatic heterocycles. The molecule has 0 unspecified atom stereocenters. The maximum Gasteiger partial charge on any atom is 0.247 e. The number of ether oxygens (including phenoxy) is 2. The zero-order valence-corrected chi connectivity index (χ0v) is 22.3.